The highest BCUT2D eigenvalue weighted by Crippen LogP contribution is 2.30. The second-order valence-corrected chi connectivity index (χ2v) is 4.31. The molecule has 0 saturated carbocycles. The van der Waals surface area contributed by atoms with Gasteiger partial charge in [0.1, 0.15) is 0 Å². The van der Waals surface area contributed by atoms with E-state index in [9.17, 15) is 29.7 Å². The average Bonchev–Trinajstić information content (AvgIpc) is 2.45. The van der Waals surface area contributed by atoms with Crippen LogP contribution in [0.2, 0.25) is 0 Å². The van der Waals surface area contributed by atoms with E-state index in [1.54, 1.807) is 0 Å². The third kappa shape index (κ3) is 2.86. The number of carboxylic acid groups (broad SMARTS) is 3. The fraction of sp³-hybridized carbons (Fsp3) is 0.667. The second-order valence-electron chi connectivity index (χ2n) is 4.31. The maximum absolute atomic E-state index is 11.2. The topological polar surface area (TPSA) is 254 Å². The van der Waals surface area contributed by atoms with Crippen LogP contribution in [0.1, 0.15) is 0 Å². The fourth-order valence-corrected chi connectivity index (χ4v) is 1.74. The standard InChI is InChI=1S/C9H18N4O9/c10-1-7(20,4(14)15)13(8(21,2-11)5(16)17)9(22,3-12)6(18)19/h20-22H,1-3,10-12H2,(H,14,15)(H,16,17)(H,18,19). The van der Waals surface area contributed by atoms with E-state index in [4.69, 9.17) is 32.5 Å². The molecule has 13 nitrogen and oxygen atoms in total. The van der Waals surface area contributed by atoms with Gasteiger partial charge in [-0.15, -0.1) is 0 Å². The van der Waals surface area contributed by atoms with Crippen LogP contribution in [0.25, 0.3) is 0 Å². The van der Waals surface area contributed by atoms with Gasteiger partial charge in [-0.05, 0) is 0 Å². The number of aliphatic carboxylic acids is 3. The Balaban J connectivity index is 6.65. The Labute approximate surface area is 123 Å². The lowest BCUT2D eigenvalue weighted by atomic mass is 9.98. The quantitative estimate of drug-likeness (QED) is 0.179. The van der Waals surface area contributed by atoms with Crippen molar-refractivity contribution in [1.29, 1.82) is 0 Å². The second kappa shape index (κ2) is 6.49. The number of aliphatic hydroxyl groups is 3. The van der Waals surface area contributed by atoms with Crippen LogP contribution in [-0.2, 0) is 14.4 Å². The monoisotopic (exact) mass is 326 g/mol. The molecule has 0 bridgehead atoms. The van der Waals surface area contributed by atoms with E-state index in [1.165, 1.54) is 0 Å². The average molecular weight is 326 g/mol. The van der Waals surface area contributed by atoms with Gasteiger partial charge in [-0.3, -0.25) is 0 Å². The lowest BCUT2D eigenvalue weighted by Crippen LogP contribution is -2.81. The molecule has 3 atom stereocenters. The van der Waals surface area contributed by atoms with Gasteiger partial charge in [0.2, 0.25) is 17.2 Å². The van der Waals surface area contributed by atoms with Crippen molar-refractivity contribution in [2.75, 3.05) is 19.6 Å². The molecule has 22 heavy (non-hydrogen) atoms. The molecule has 0 heterocycles. The molecule has 0 aromatic heterocycles. The van der Waals surface area contributed by atoms with E-state index >= 15 is 0 Å². The smallest absolute Gasteiger partial charge is 0.353 e. The van der Waals surface area contributed by atoms with E-state index in [-0.39, 0.29) is 0 Å². The first kappa shape index (κ1) is 20.1. The number of hydrogen-bond acceptors (Lipinski definition) is 10. The Bertz CT molecular complexity index is 407. The summed E-state index contributed by atoms with van der Waals surface area (Å²) in [6, 6.07) is 0. The van der Waals surface area contributed by atoms with Gasteiger partial charge in [-0.2, -0.15) is 4.90 Å². The Morgan fingerprint density at radius 1 is 0.682 bits per heavy atom. The maximum atomic E-state index is 11.2. The zero-order valence-corrected chi connectivity index (χ0v) is 11.2. The van der Waals surface area contributed by atoms with E-state index in [1.807, 2.05) is 0 Å². The van der Waals surface area contributed by atoms with Gasteiger partial charge in [0.15, 0.2) is 0 Å². The summed E-state index contributed by atoms with van der Waals surface area (Å²) in [5.41, 5.74) is 4.65. The molecule has 0 saturated heterocycles. The summed E-state index contributed by atoms with van der Waals surface area (Å²) in [4.78, 5) is 33.1. The molecule has 0 aromatic carbocycles. The molecular formula is C9H18N4O9. The number of nitrogens with zero attached hydrogens (tertiary/aromatic N) is 1. The Morgan fingerprint density at radius 2 is 0.864 bits per heavy atom. The van der Waals surface area contributed by atoms with Crippen LogP contribution in [0.15, 0.2) is 0 Å². The largest absolute Gasteiger partial charge is 0.478 e. The normalized spacial score (nSPS) is 19.8. The summed E-state index contributed by atoms with van der Waals surface area (Å²) in [7, 11) is 0. The SMILES string of the molecule is NCC(O)(C(=O)O)N(C(O)(CN)C(=O)O)C(O)(CN)C(=O)O. The summed E-state index contributed by atoms with van der Waals surface area (Å²) < 4.78 is 0. The summed E-state index contributed by atoms with van der Waals surface area (Å²) in [5.74, 6) is -6.72. The highest BCUT2D eigenvalue weighted by Gasteiger charge is 2.65. The molecule has 13 heteroatoms. The molecule has 0 rings (SSSR count). The van der Waals surface area contributed by atoms with E-state index in [0.717, 1.165) is 0 Å². The van der Waals surface area contributed by atoms with E-state index < -0.39 is 59.6 Å². The van der Waals surface area contributed by atoms with Gasteiger partial charge in [0.05, 0.1) is 0 Å². The van der Waals surface area contributed by atoms with Crippen molar-refractivity contribution in [3.8, 4) is 0 Å². The van der Waals surface area contributed by atoms with E-state index in [2.05, 4.69) is 0 Å². The number of rotatable bonds is 9. The minimum atomic E-state index is -3.50. The fourth-order valence-electron chi connectivity index (χ4n) is 1.74. The van der Waals surface area contributed by atoms with Gasteiger partial charge in [-0.25, -0.2) is 14.4 Å². The third-order valence-electron chi connectivity index (χ3n) is 2.99. The van der Waals surface area contributed by atoms with Crippen LogP contribution in [0.4, 0.5) is 0 Å². The molecule has 0 aliphatic heterocycles. The molecule has 0 fully saturated rings. The first-order valence-corrected chi connectivity index (χ1v) is 5.66. The predicted octanol–water partition coefficient (Wildman–Crippen LogP) is -5.52. The van der Waals surface area contributed by atoms with Gasteiger partial charge in [0, 0.05) is 19.6 Å². The summed E-state index contributed by atoms with van der Waals surface area (Å²) >= 11 is 0. The first-order valence-electron chi connectivity index (χ1n) is 5.66. The molecule has 128 valence electrons. The number of carboxylic acids is 3. The van der Waals surface area contributed by atoms with Gasteiger partial charge in [-0.1, -0.05) is 0 Å². The van der Waals surface area contributed by atoms with Crippen molar-refractivity contribution in [3.63, 3.8) is 0 Å². The lowest BCUT2D eigenvalue weighted by molar-refractivity contribution is -0.299. The third-order valence-corrected chi connectivity index (χ3v) is 2.99. The summed E-state index contributed by atoms with van der Waals surface area (Å²) in [6.45, 7) is -3.89. The van der Waals surface area contributed by atoms with Crippen molar-refractivity contribution in [2.45, 2.75) is 17.2 Å². The summed E-state index contributed by atoms with van der Waals surface area (Å²) in [6.07, 6.45) is 0. The molecular weight excluding hydrogens is 308 g/mol. The molecule has 0 aliphatic rings. The first-order chi connectivity index (χ1) is 9.88. The van der Waals surface area contributed by atoms with Crippen molar-refractivity contribution in [3.05, 3.63) is 0 Å². The van der Waals surface area contributed by atoms with Crippen molar-refractivity contribution in [2.24, 2.45) is 17.2 Å². The molecule has 3 unspecified atom stereocenters. The highest BCUT2D eigenvalue weighted by molar-refractivity contribution is 5.85. The minimum absolute atomic E-state index is 0.556. The number of nitrogens with two attached hydrogens (primary N) is 3. The van der Waals surface area contributed by atoms with Crippen LogP contribution >= 0.6 is 0 Å². The minimum Gasteiger partial charge on any atom is -0.478 e. The van der Waals surface area contributed by atoms with Crippen molar-refractivity contribution in [1.82, 2.24) is 4.90 Å². The zero-order valence-electron chi connectivity index (χ0n) is 11.2. The van der Waals surface area contributed by atoms with Crippen molar-refractivity contribution < 1.29 is 45.0 Å². The van der Waals surface area contributed by atoms with Gasteiger partial charge >= 0.3 is 17.9 Å². The molecule has 0 amide bonds. The van der Waals surface area contributed by atoms with Crippen LogP contribution in [-0.4, -0.2) is 90.3 Å². The molecule has 0 radical (unpaired) electrons. The molecule has 0 aromatic rings. The number of carbonyl (C=O) groups is 3. The van der Waals surface area contributed by atoms with Crippen LogP contribution in [0.3, 0.4) is 0 Å². The lowest BCUT2D eigenvalue weighted by Gasteiger charge is -2.49. The van der Waals surface area contributed by atoms with Crippen LogP contribution < -0.4 is 17.2 Å². The van der Waals surface area contributed by atoms with Crippen molar-refractivity contribution >= 4 is 17.9 Å². The maximum Gasteiger partial charge on any atom is 0.353 e. The van der Waals surface area contributed by atoms with Gasteiger partial charge in [0.25, 0.3) is 0 Å². The summed E-state index contributed by atoms with van der Waals surface area (Å²) in [5, 5.41) is 57.2. The van der Waals surface area contributed by atoms with E-state index in [0.29, 0.717) is 0 Å². The highest BCUT2D eigenvalue weighted by atomic mass is 16.5. The Morgan fingerprint density at radius 3 is 0.955 bits per heavy atom. The van der Waals surface area contributed by atoms with Gasteiger partial charge < -0.3 is 47.8 Å². The molecule has 0 spiro atoms. The number of hydrogen-bond donors (Lipinski definition) is 9. The molecule has 0 aliphatic carbocycles. The predicted molar refractivity (Wildman–Crippen MR) is 66.8 cm³/mol. The van der Waals surface area contributed by atoms with Crippen LogP contribution in [0.5, 0.6) is 0 Å². The van der Waals surface area contributed by atoms with Crippen LogP contribution in [0, 0.1) is 0 Å². The Kier molecular flexibility index (Phi) is 5.94. The molecule has 12 N–H and O–H groups in total. The zero-order chi connectivity index (χ0) is 17.9. The Hall–Kier alpha value is -1.87.